The fourth-order valence-electron chi connectivity index (χ4n) is 1.45. The van der Waals surface area contributed by atoms with Gasteiger partial charge in [-0.25, -0.2) is 4.98 Å². The third kappa shape index (κ3) is 4.49. The van der Waals surface area contributed by atoms with Crippen molar-refractivity contribution in [3.8, 4) is 0 Å². The van der Waals surface area contributed by atoms with Gasteiger partial charge in [-0.15, -0.1) is 0 Å². The van der Waals surface area contributed by atoms with E-state index in [1.165, 1.54) is 0 Å². The molecule has 0 fully saturated rings. The number of nitrogens with one attached hydrogen (secondary N) is 1. The monoisotopic (exact) mass is 252 g/mol. The maximum atomic E-state index is 11.9. The van der Waals surface area contributed by atoms with Gasteiger partial charge in [0, 0.05) is 31.9 Å². The summed E-state index contributed by atoms with van der Waals surface area (Å²) in [5, 5.41) is 3.30. The van der Waals surface area contributed by atoms with E-state index in [0.717, 1.165) is 12.2 Å². The first-order chi connectivity index (χ1) is 8.40. The SMILES string of the molecule is CC(C)NCc1cn(CC(=O)N(C)C(C)C)cn1. The molecule has 0 bridgehead atoms. The molecule has 1 aromatic rings. The minimum Gasteiger partial charge on any atom is -0.342 e. The van der Waals surface area contributed by atoms with E-state index in [1.807, 2.05) is 31.7 Å². The minimum absolute atomic E-state index is 0.103. The van der Waals surface area contributed by atoms with E-state index < -0.39 is 0 Å². The van der Waals surface area contributed by atoms with Crippen LogP contribution in [-0.2, 0) is 17.9 Å². The zero-order valence-electron chi connectivity index (χ0n) is 12.0. The van der Waals surface area contributed by atoms with Gasteiger partial charge in [0.25, 0.3) is 0 Å². The highest BCUT2D eigenvalue weighted by molar-refractivity contribution is 5.75. The molecule has 1 aromatic heterocycles. The van der Waals surface area contributed by atoms with Gasteiger partial charge < -0.3 is 14.8 Å². The molecule has 18 heavy (non-hydrogen) atoms. The Morgan fingerprint density at radius 1 is 1.44 bits per heavy atom. The standard InChI is InChI=1S/C13H24N4O/c1-10(2)14-6-12-7-17(9-15-12)8-13(18)16(5)11(3)4/h7,9-11,14H,6,8H2,1-5H3. The number of nitrogens with zero attached hydrogens (tertiary/aromatic N) is 3. The first-order valence-corrected chi connectivity index (χ1v) is 6.39. The Labute approximate surface area is 109 Å². The molecule has 1 amide bonds. The number of carbonyl (C=O) groups is 1. The van der Waals surface area contributed by atoms with E-state index in [1.54, 1.807) is 11.2 Å². The van der Waals surface area contributed by atoms with E-state index >= 15 is 0 Å². The number of likely N-dealkylation sites (N-methyl/N-ethyl adjacent to an activating group) is 1. The van der Waals surface area contributed by atoms with E-state index in [2.05, 4.69) is 24.1 Å². The van der Waals surface area contributed by atoms with Gasteiger partial charge in [-0.1, -0.05) is 13.8 Å². The molecule has 0 aliphatic carbocycles. The fraction of sp³-hybridized carbons (Fsp3) is 0.692. The molecule has 1 N–H and O–H groups in total. The summed E-state index contributed by atoms with van der Waals surface area (Å²) in [6, 6.07) is 0.659. The Bertz CT molecular complexity index is 384. The van der Waals surface area contributed by atoms with Crippen LogP contribution in [0.5, 0.6) is 0 Å². The Morgan fingerprint density at radius 2 is 2.11 bits per heavy atom. The Morgan fingerprint density at radius 3 is 2.67 bits per heavy atom. The molecule has 0 aliphatic rings. The fourth-order valence-corrected chi connectivity index (χ4v) is 1.45. The Hall–Kier alpha value is -1.36. The molecule has 1 rings (SSSR count). The zero-order chi connectivity index (χ0) is 13.7. The van der Waals surface area contributed by atoms with Crippen LogP contribution in [-0.4, -0.2) is 39.5 Å². The molecular weight excluding hydrogens is 228 g/mol. The number of carbonyl (C=O) groups excluding carboxylic acids is 1. The third-order valence-corrected chi connectivity index (χ3v) is 2.86. The number of amides is 1. The summed E-state index contributed by atoms with van der Waals surface area (Å²) in [7, 11) is 1.82. The lowest BCUT2D eigenvalue weighted by Crippen LogP contribution is -2.35. The van der Waals surface area contributed by atoms with Crippen LogP contribution in [0.3, 0.4) is 0 Å². The Kier molecular flexibility index (Phi) is 5.34. The summed E-state index contributed by atoms with van der Waals surface area (Å²) in [6.45, 7) is 9.28. The second kappa shape index (κ2) is 6.54. The molecule has 0 saturated heterocycles. The quantitative estimate of drug-likeness (QED) is 0.829. The van der Waals surface area contributed by atoms with Crippen LogP contribution in [0, 0.1) is 0 Å². The maximum absolute atomic E-state index is 11.9. The smallest absolute Gasteiger partial charge is 0.242 e. The van der Waals surface area contributed by atoms with Crippen LogP contribution < -0.4 is 5.32 Å². The summed E-state index contributed by atoms with van der Waals surface area (Å²) in [4.78, 5) is 17.9. The highest BCUT2D eigenvalue weighted by Crippen LogP contribution is 2.00. The van der Waals surface area contributed by atoms with Gasteiger partial charge in [-0.2, -0.15) is 0 Å². The minimum atomic E-state index is 0.103. The van der Waals surface area contributed by atoms with Crippen LogP contribution in [0.1, 0.15) is 33.4 Å². The van der Waals surface area contributed by atoms with E-state index in [4.69, 9.17) is 0 Å². The molecule has 0 aromatic carbocycles. The lowest BCUT2D eigenvalue weighted by molar-refractivity contribution is -0.131. The van der Waals surface area contributed by atoms with Crippen molar-refractivity contribution < 1.29 is 4.79 Å². The third-order valence-electron chi connectivity index (χ3n) is 2.86. The van der Waals surface area contributed by atoms with Crippen molar-refractivity contribution >= 4 is 5.91 Å². The second-order valence-electron chi connectivity index (χ2n) is 5.17. The highest BCUT2D eigenvalue weighted by atomic mass is 16.2. The van der Waals surface area contributed by atoms with Crippen LogP contribution in [0.15, 0.2) is 12.5 Å². The average molecular weight is 252 g/mol. The number of hydrogen-bond donors (Lipinski definition) is 1. The highest BCUT2D eigenvalue weighted by Gasteiger charge is 2.12. The molecule has 0 aliphatic heterocycles. The molecule has 0 radical (unpaired) electrons. The number of hydrogen-bond acceptors (Lipinski definition) is 3. The van der Waals surface area contributed by atoms with Gasteiger partial charge >= 0.3 is 0 Å². The van der Waals surface area contributed by atoms with Crippen molar-refractivity contribution in [1.29, 1.82) is 0 Å². The van der Waals surface area contributed by atoms with Gasteiger partial charge in [0.1, 0.15) is 6.54 Å². The largest absolute Gasteiger partial charge is 0.342 e. The zero-order valence-corrected chi connectivity index (χ0v) is 12.0. The molecular formula is C13H24N4O. The molecule has 0 unspecified atom stereocenters. The summed E-state index contributed by atoms with van der Waals surface area (Å²) < 4.78 is 1.83. The van der Waals surface area contributed by atoms with Crippen molar-refractivity contribution in [2.24, 2.45) is 0 Å². The first kappa shape index (κ1) is 14.7. The molecule has 1 heterocycles. The lowest BCUT2D eigenvalue weighted by Gasteiger charge is -2.21. The van der Waals surface area contributed by atoms with E-state index in [-0.39, 0.29) is 11.9 Å². The predicted molar refractivity (Wildman–Crippen MR) is 72.1 cm³/mol. The summed E-state index contributed by atoms with van der Waals surface area (Å²) in [6.07, 6.45) is 3.63. The summed E-state index contributed by atoms with van der Waals surface area (Å²) in [5.41, 5.74) is 0.962. The molecule has 0 saturated carbocycles. The number of imidazole rings is 1. The lowest BCUT2D eigenvalue weighted by atomic mass is 10.3. The van der Waals surface area contributed by atoms with Gasteiger partial charge in [-0.05, 0) is 13.8 Å². The van der Waals surface area contributed by atoms with Crippen LogP contribution in [0.2, 0.25) is 0 Å². The van der Waals surface area contributed by atoms with Crippen molar-refractivity contribution in [2.45, 2.75) is 52.9 Å². The van der Waals surface area contributed by atoms with E-state index in [0.29, 0.717) is 12.6 Å². The summed E-state index contributed by atoms with van der Waals surface area (Å²) >= 11 is 0. The van der Waals surface area contributed by atoms with Crippen LogP contribution >= 0.6 is 0 Å². The molecule has 5 nitrogen and oxygen atoms in total. The van der Waals surface area contributed by atoms with Crippen molar-refractivity contribution in [2.75, 3.05) is 7.05 Å². The second-order valence-corrected chi connectivity index (χ2v) is 5.17. The van der Waals surface area contributed by atoms with Gasteiger partial charge in [-0.3, -0.25) is 4.79 Å². The predicted octanol–water partition coefficient (Wildman–Crippen LogP) is 1.25. The molecule has 5 heteroatoms. The molecule has 0 atom stereocenters. The van der Waals surface area contributed by atoms with Gasteiger partial charge in [0.2, 0.25) is 5.91 Å². The first-order valence-electron chi connectivity index (χ1n) is 6.39. The van der Waals surface area contributed by atoms with Crippen molar-refractivity contribution in [3.63, 3.8) is 0 Å². The molecule has 102 valence electrons. The number of aromatic nitrogens is 2. The average Bonchev–Trinajstić information content (AvgIpc) is 2.72. The topological polar surface area (TPSA) is 50.2 Å². The normalized spacial score (nSPS) is 11.3. The van der Waals surface area contributed by atoms with Crippen molar-refractivity contribution in [1.82, 2.24) is 19.8 Å². The molecule has 0 spiro atoms. The van der Waals surface area contributed by atoms with Gasteiger partial charge in [0.05, 0.1) is 12.0 Å². The summed E-state index contributed by atoms with van der Waals surface area (Å²) in [5.74, 6) is 0.103. The maximum Gasteiger partial charge on any atom is 0.242 e. The van der Waals surface area contributed by atoms with Crippen molar-refractivity contribution in [3.05, 3.63) is 18.2 Å². The van der Waals surface area contributed by atoms with Crippen LogP contribution in [0.4, 0.5) is 0 Å². The van der Waals surface area contributed by atoms with Crippen LogP contribution in [0.25, 0.3) is 0 Å². The van der Waals surface area contributed by atoms with E-state index in [9.17, 15) is 4.79 Å². The number of rotatable bonds is 6. The Balaban J connectivity index is 2.51. The van der Waals surface area contributed by atoms with Gasteiger partial charge in [0.15, 0.2) is 0 Å².